The number of rotatable bonds is 3. The van der Waals surface area contributed by atoms with Gasteiger partial charge in [-0.3, -0.25) is 4.57 Å². The summed E-state index contributed by atoms with van der Waals surface area (Å²) in [5.41, 5.74) is 1.72. The van der Waals surface area contributed by atoms with Gasteiger partial charge in [0.2, 0.25) is 0 Å². The lowest BCUT2D eigenvalue weighted by atomic mass is 10.3. The van der Waals surface area contributed by atoms with Crippen LogP contribution in [0.4, 0.5) is 0 Å². The Kier molecular flexibility index (Phi) is 3.20. The lowest BCUT2D eigenvalue weighted by Crippen LogP contribution is -2.14. The quantitative estimate of drug-likeness (QED) is 0.754. The van der Waals surface area contributed by atoms with Gasteiger partial charge in [-0.2, -0.15) is 0 Å². The molecule has 0 amide bonds. The van der Waals surface area contributed by atoms with Gasteiger partial charge in [0, 0.05) is 6.20 Å². The summed E-state index contributed by atoms with van der Waals surface area (Å²) in [5, 5.41) is 0.282. The van der Waals surface area contributed by atoms with Gasteiger partial charge in [-0.15, -0.1) is 0 Å². The lowest BCUT2D eigenvalue weighted by molar-refractivity contribution is 0.340. The molecule has 0 aliphatic rings. The van der Waals surface area contributed by atoms with Crippen LogP contribution >= 0.6 is 11.6 Å². The molecule has 1 aromatic carbocycles. The molecule has 0 atom stereocenters. The Morgan fingerprint density at radius 1 is 1.30 bits per heavy atom. The van der Waals surface area contributed by atoms with E-state index in [9.17, 15) is 4.79 Å². The smallest absolute Gasteiger partial charge is 0.331 e. The molecule has 20 heavy (non-hydrogen) atoms. The topological polar surface area (TPSA) is 59.9 Å². The number of hydrogen-bond donors (Lipinski definition) is 1. The second-order valence-electron chi connectivity index (χ2n) is 4.19. The van der Waals surface area contributed by atoms with Crippen LogP contribution in [0.2, 0.25) is 5.15 Å². The van der Waals surface area contributed by atoms with Crippen molar-refractivity contribution in [2.24, 2.45) is 0 Å². The van der Waals surface area contributed by atoms with E-state index >= 15 is 0 Å². The number of fused-ring (bicyclic) bond motifs is 1. The molecule has 0 radical (unpaired) electrons. The number of pyridine rings is 1. The SMILES string of the molecule is CCOc1ccc(-n2c(=O)[nH]c3c(Cl)nccc32)cc1. The van der Waals surface area contributed by atoms with Crippen LogP contribution in [0.25, 0.3) is 16.7 Å². The molecule has 2 aromatic heterocycles. The van der Waals surface area contributed by atoms with Crippen LogP contribution in [0.3, 0.4) is 0 Å². The summed E-state index contributed by atoms with van der Waals surface area (Å²) in [6, 6.07) is 9.05. The highest BCUT2D eigenvalue weighted by Gasteiger charge is 2.11. The monoisotopic (exact) mass is 289 g/mol. The Hall–Kier alpha value is -2.27. The highest BCUT2D eigenvalue weighted by atomic mass is 35.5. The number of H-pyrrole nitrogens is 1. The molecule has 0 unspecified atom stereocenters. The summed E-state index contributed by atoms with van der Waals surface area (Å²) in [4.78, 5) is 18.8. The maximum atomic E-state index is 12.1. The van der Waals surface area contributed by atoms with Crippen molar-refractivity contribution in [1.29, 1.82) is 0 Å². The molecule has 1 N–H and O–H groups in total. The molecule has 3 aromatic rings. The zero-order valence-electron chi connectivity index (χ0n) is 10.8. The van der Waals surface area contributed by atoms with Crippen LogP contribution in [0.15, 0.2) is 41.3 Å². The van der Waals surface area contributed by atoms with E-state index in [1.165, 1.54) is 0 Å². The van der Waals surface area contributed by atoms with Gasteiger partial charge < -0.3 is 9.72 Å². The third kappa shape index (κ3) is 2.06. The molecular formula is C14H12ClN3O2. The largest absolute Gasteiger partial charge is 0.494 e. The number of benzene rings is 1. The van der Waals surface area contributed by atoms with Gasteiger partial charge in [0.05, 0.1) is 17.8 Å². The van der Waals surface area contributed by atoms with Crippen LogP contribution < -0.4 is 10.4 Å². The van der Waals surface area contributed by atoms with Gasteiger partial charge in [0.25, 0.3) is 0 Å². The minimum absolute atomic E-state index is 0.251. The standard InChI is InChI=1S/C14H12ClN3O2/c1-2-20-10-5-3-9(4-6-10)18-11-7-8-16-13(15)12(11)17-14(18)19/h3-8H,2H2,1H3,(H,17,19). The molecular weight excluding hydrogens is 278 g/mol. The molecule has 0 aliphatic carbocycles. The summed E-state index contributed by atoms with van der Waals surface area (Å²) in [6.07, 6.45) is 1.57. The normalized spacial score (nSPS) is 10.9. The van der Waals surface area contributed by atoms with E-state index in [0.717, 1.165) is 11.4 Å². The summed E-state index contributed by atoms with van der Waals surface area (Å²) >= 11 is 5.98. The molecule has 0 saturated carbocycles. The van der Waals surface area contributed by atoms with E-state index in [1.54, 1.807) is 16.8 Å². The predicted molar refractivity (Wildman–Crippen MR) is 77.9 cm³/mol. The highest BCUT2D eigenvalue weighted by molar-refractivity contribution is 6.33. The fourth-order valence-electron chi connectivity index (χ4n) is 2.12. The Morgan fingerprint density at radius 3 is 2.75 bits per heavy atom. The predicted octanol–water partition coefficient (Wildman–Crippen LogP) is 2.77. The zero-order valence-corrected chi connectivity index (χ0v) is 11.5. The number of aromatic amines is 1. The van der Waals surface area contributed by atoms with Crippen LogP contribution in [-0.2, 0) is 0 Å². The summed E-state index contributed by atoms with van der Waals surface area (Å²) in [5.74, 6) is 0.767. The van der Waals surface area contributed by atoms with Crippen molar-refractivity contribution in [3.05, 3.63) is 52.2 Å². The number of ether oxygens (including phenoxy) is 1. The summed E-state index contributed by atoms with van der Waals surface area (Å²) < 4.78 is 6.94. The number of halogens is 1. The van der Waals surface area contributed by atoms with Crippen molar-refractivity contribution in [2.45, 2.75) is 6.92 Å². The summed E-state index contributed by atoms with van der Waals surface area (Å²) in [6.45, 7) is 2.53. The third-order valence-electron chi connectivity index (χ3n) is 2.96. The molecule has 5 nitrogen and oxygen atoms in total. The number of hydrogen-bond acceptors (Lipinski definition) is 3. The van der Waals surface area contributed by atoms with Gasteiger partial charge in [0.1, 0.15) is 11.3 Å². The van der Waals surface area contributed by atoms with Crippen molar-refractivity contribution in [2.75, 3.05) is 6.61 Å². The first-order chi connectivity index (χ1) is 9.70. The minimum atomic E-state index is -0.251. The fourth-order valence-corrected chi connectivity index (χ4v) is 2.32. The van der Waals surface area contributed by atoms with Crippen LogP contribution in [-0.4, -0.2) is 21.1 Å². The van der Waals surface area contributed by atoms with E-state index in [2.05, 4.69) is 9.97 Å². The maximum absolute atomic E-state index is 12.1. The second kappa shape index (κ2) is 5.02. The van der Waals surface area contributed by atoms with Crippen molar-refractivity contribution < 1.29 is 4.74 Å². The lowest BCUT2D eigenvalue weighted by Gasteiger charge is -2.06. The van der Waals surface area contributed by atoms with Crippen molar-refractivity contribution in [1.82, 2.24) is 14.5 Å². The molecule has 102 valence electrons. The van der Waals surface area contributed by atoms with Crippen LogP contribution in [0, 0.1) is 0 Å². The average Bonchev–Trinajstić information content (AvgIpc) is 2.78. The van der Waals surface area contributed by atoms with Gasteiger partial charge in [-0.05, 0) is 37.3 Å². The van der Waals surface area contributed by atoms with Gasteiger partial charge in [-0.25, -0.2) is 9.78 Å². The first-order valence-electron chi connectivity index (χ1n) is 6.19. The third-order valence-corrected chi connectivity index (χ3v) is 3.25. The Labute approximate surface area is 119 Å². The van der Waals surface area contributed by atoms with E-state index < -0.39 is 0 Å². The first-order valence-corrected chi connectivity index (χ1v) is 6.57. The molecule has 2 heterocycles. The number of nitrogens with zero attached hydrogens (tertiary/aromatic N) is 2. The molecule has 0 bridgehead atoms. The van der Waals surface area contributed by atoms with Crippen molar-refractivity contribution >= 4 is 22.6 Å². The Morgan fingerprint density at radius 2 is 2.05 bits per heavy atom. The molecule has 6 heteroatoms. The molecule has 0 spiro atoms. The average molecular weight is 290 g/mol. The van der Waals surface area contributed by atoms with Crippen LogP contribution in [0.5, 0.6) is 5.75 Å². The maximum Gasteiger partial charge on any atom is 0.331 e. The van der Waals surface area contributed by atoms with E-state index in [-0.39, 0.29) is 10.8 Å². The zero-order chi connectivity index (χ0) is 14.1. The van der Waals surface area contributed by atoms with E-state index in [0.29, 0.717) is 17.6 Å². The molecule has 0 saturated heterocycles. The Bertz CT molecular complexity index is 805. The minimum Gasteiger partial charge on any atom is -0.494 e. The second-order valence-corrected chi connectivity index (χ2v) is 4.55. The van der Waals surface area contributed by atoms with E-state index in [4.69, 9.17) is 16.3 Å². The molecule has 0 fully saturated rings. The Balaban J connectivity index is 2.16. The summed E-state index contributed by atoms with van der Waals surface area (Å²) in [7, 11) is 0. The number of aromatic nitrogens is 3. The van der Waals surface area contributed by atoms with Gasteiger partial charge in [0.15, 0.2) is 5.15 Å². The van der Waals surface area contributed by atoms with Crippen LogP contribution in [0.1, 0.15) is 6.92 Å². The molecule has 3 rings (SSSR count). The number of imidazole rings is 1. The first kappa shape index (κ1) is 12.7. The van der Waals surface area contributed by atoms with E-state index in [1.807, 2.05) is 31.2 Å². The number of nitrogens with one attached hydrogen (secondary N) is 1. The molecule has 0 aliphatic heterocycles. The van der Waals surface area contributed by atoms with Gasteiger partial charge in [-0.1, -0.05) is 11.6 Å². The fraction of sp³-hybridized carbons (Fsp3) is 0.143. The van der Waals surface area contributed by atoms with Crippen molar-refractivity contribution in [3.8, 4) is 11.4 Å². The van der Waals surface area contributed by atoms with Gasteiger partial charge >= 0.3 is 5.69 Å². The van der Waals surface area contributed by atoms with Crippen molar-refractivity contribution in [3.63, 3.8) is 0 Å². The highest BCUT2D eigenvalue weighted by Crippen LogP contribution is 2.21.